The summed E-state index contributed by atoms with van der Waals surface area (Å²) in [5.74, 6) is 0.832. The highest BCUT2D eigenvalue weighted by atomic mass is 16.3. The number of allylic oxidation sites excluding steroid dienone is 1. The predicted octanol–water partition coefficient (Wildman–Crippen LogP) is 3.66. The van der Waals surface area contributed by atoms with Gasteiger partial charge in [-0.05, 0) is 64.1 Å². The summed E-state index contributed by atoms with van der Waals surface area (Å²) in [5, 5.41) is 14.1. The molecule has 4 heterocycles. The van der Waals surface area contributed by atoms with Crippen molar-refractivity contribution in [3.05, 3.63) is 77.4 Å². The molecule has 39 heavy (non-hydrogen) atoms. The third kappa shape index (κ3) is 5.43. The van der Waals surface area contributed by atoms with Gasteiger partial charge in [-0.1, -0.05) is 12.1 Å². The first-order valence-electron chi connectivity index (χ1n) is 13.3. The quantitative estimate of drug-likeness (QED) is 0.334. The zero-order chi connectivity index (χ0) is 27.7. The van der Waals surface area contributed by atoms with Gasteiger partial charge < -0.3 is 15.3 Å². The fraction of sp³-hybridized carbons (Fsp3) is 0.379. The van der Waals surface area contributed by atoms with Crippen LogP contribution in [0.3, 0.4) is 0 Å². The van der Waals surface area contributed by atoms with Gasteiger partial charge >= 0.3 is 0 Å². The number of aromatic nitrogens is 5. The summed E-state index contributed by atoms with van der Waals surface area (Å²) < 4.78 is 3.17. The van der Waals surface area contributed by atoms with Crippen LogP contribution in [-0.2, 0) is 12.1 Å². The fourth-order valence-electron chi connectivity index (χ4n) is 4.87. The van der Waals surface area contributed by atoms with Crippen molar-refractivity contribution < 1.29 is 5.11 Å². The SMILES string of the molecule is C=CCn1c(=O)c2cnc(Nc3ccc(N4CCN(C(C)C)CC4)cc3)nc2n1-c1cccc(C(C)(C)O)n1. The van der Waals surface area contributed by atoms with Gasteiger partial charge in [-0.2, -0.15) is 4.98 Å². The smallest absolute Gasteiger partial charge is 0.278 e. The van der Waals surface area contributed by atoms with Crippen molar-refractivity contribution >= 4 is 28.4 Å². The summed E-state index contributed by atoms with van der Waals surface area (Å²) in [6, 6.07) is 14.1. The van der Waals surface area contributed by atoms with Crippen molar-refractivity contribution in [2.45, 2.75) is 45.9 Å². The lowest BCUT2D eigenvalue weighted by atomic mass is 10.1. The van der Waals surface area contributed by atoms with E-state index in [0.29, 0.717) is 34.5 Å². The molecule has 204 valence electrons. The van der Waals surface area contributed by atoms with Gasteiger partial charge in [0.15, 0.2) is 11.5 Å². The van der Waals surface area contributed by atoms with Crippen molar-refractivity contribution in [3.8, 4) is 5.82 Å². The molecule has 5 rings (SSSR count). The molecule has 0 amide bonds. The summed E-state index contributed by atoms with van der Waals surface area (Å²) >= 11 is 0. The molecule has 0 radical (unpaired) electrons. The van der Waals surface area contributed by atoms with Gasteiger partial charge in [0.05, 0.1) is 12.2 Å². The first-order valence-corrected chi connectivity index (χ1v) is 13.3. The summed E-state index contributed by atoms with van der Waals surface area (Å²) in [5.41, 5.74) is 1.55. The van der Waals surface area contributed by atoms with Crippen LogP contribution in [-0.4, -0.2) is 66.5 Å². The van der Waals surface area contributed by atoms with Gasteiger partial charge in [0.1, 0.15) is 11.0 Å². The first-order chi connectivity index (χ1) is 18.7. The number of piperazine rings is 1. The van der Waals surface area contributed by atoms with E-state index in [1.54, 1.807) is 42.8 Å². The molecular weight excluding hydrogens is 492 g/mol. The first kappa shape index (κ1) is 26.6. The van der Waals surface area contributed by atoms with Crippen LogP contribution < -0.4 is 15.8 Å². The highest BCUT2D eigenvalue weighted by Gasteiger charge is 2.22. The van der Waals surface area contributed by atoms with E-state index in [4.69, 9.17) is 4.98 Å². The Hall–Kier alpha value is -4.02. The van der Waals surface area contributed by atoms with E-state index in [0.717, 1.165) is 31.9 Å². The van der Waals surface area contributed by atoms with E-state index in [2.05, 4.69) is 57.6 Å². The number of anilines is 3. The Morgan fingerprint density at radius 1 is 1.08 bits per heavy atom. The van der Waals surface area contributed by atoms with Gasteiger partial charge in [0.25, 0.3) is 5.56 Å². The molecule has 10 nitrogen and oxygen atoms in total. The van der Waals surface area contributed by atoms with Gasteiger partial charge in [-0.3, -0.25) is 9.69 Å². The van der Waals surface area contributed by atoms with Gasteiger partial charge in [-0.15, -0.1) is 6.58 Å². The monoisotopic (exact) mass is 528 g/mol. The lowest BCUT2D eigenvalue weighted by molar-refractivity contribution is 0.0738. The van der Waals surface area contributed by atoms with Crippen molar-refractivity contribution in [1.82, 2.24) is 29.2 Å². The Bertz CT molecular complexity index is 1520. The molecule has 1 fully saturated rings. The Kier molecular flexibility index (Phi) is 7.24. The lowest BCUT2D eigenvalue weighted by Crippen LogP contribution is -2.48. The maximum Gasteiger partial charge on any atom is 0.278 e. The molecule has 0 aliphatic carbocycles. The maximum absolute atomic E-state index is 13.2. The molecule has 0 saturated carbocycles. The highest BCUT2D eigenvalue weighted by Crippen LogP contribution is 2.24. The van der Waals surface area contributed by atoms with Crippen molar-refractivity contribution in [2.75, 3.05) is 36.4 Å². The number of rotatable bonds is 8. The molecular formula is C29H36N8O2. The second kappa shape index (κ2) is 10.6. The van der Waals surface area contributed by atoms with Crippen LogP contribution >= 0.6 is 0 Å². The Morgan fingerprint density at radius 3 is 2.44 bits per heavy atom. The van der Waals surface area contributed by atoms with Crippen molar-refractivity contribution in [1.29, 1.82) is 0 Å². The average Bonchev–Trinajstić information content (AvgIpc) is 3.19. The number of nitrogens with zero attached hydrogens (tertiary/aromatic N) is 7. The summed E-state index contributed by atoms with van der Waals surface area (Å²) in [7, 11) is 0. The molecule has 1 saturated heterocycles. The highest BCUT2D eigenvalue weighted by molar-refractivity contribution is 5.77. The summed E-state index contributed by atoms with van der Waals surface area (Å²) in [6.45, 7) is 16.0. The van der Waals surface area contributed by atoms with E-state index in [1.807, 2.05) is 12.1 Å². The van der Waals surface area contributed by atoms with E-state index in [9.17, 15) is 9.90 Å². The molecule has 1 aromatic carbocycles. The number of hydrogen-bond acceptors (Lipinski definition) is 8. The normalized spacial score (nSPS) is 14.8. The Balaban J connectivity index is 1.44. The molecule has 2 N–H and O–H groups in total. The van der Waals surface area contributed by atoms with Crippen molar-refractivity contribution in [2.24, 2.45) is 0 Å². The minimum absolute atomic E-state index is 0.242. The Morgan fingerprint density at radius 2 is 1.79 bits per heavy atom. The topological polar surface area (TPSA) is 104 Å². The summed E-state index contributed by atoms with van der Waals surface area (Å²) in [4.78, 5) is 31.9. The minimum Gasteiger partial charge on any atom is -0.384 e. The molecule has 4 aromatic rings. The zero-order valence-electron chi connectivity index (χ0n) is 23.0. The third-order valence-electron chi connectivity index (χ3n) is 7.09. The molecule has 1 aliphatic heterocycles. The van der Waals surface area contributed by atoms with Crippen LogP contribution in [0, 0.1) is 0 Å². The van der Waals surface area contributed by atoms with E-state index < -0.39 is 5.60 Å². The number of hydrogen-bond donors (Lipinski definition) is 2. The fourth-order valence-corrected chi connectivity index (χ4v) is 4.87. The molecule has 3 aromatic heterocycles. The Labute approximate surface area is 228 Å². The maximum atomic E-state index is 13.2. The van der Waals surface area contributed by atoms with Gasteiger partial charge in [0, 0.05) is 49.8 Å². The van der Waals surface area contributed by atoms with Crippen molar-refractivity contribution in [3.63, 3.8) is 0 Å². The van der Waals surface area contributed by atoms with E-state index >= 15 is 0 Å². The van der Waals surface area contributed by atoms with E-state index in [-0.39, 0.29) is 12.1 Å². The average molecular weight is 529 g/mol. The predicted molar refractivity (Wildman–Crippen MR) is 155 cm³/mol. The standard InChI is InChI=1S/C29H36N8O2/c1-6-14-36-27(38)23-19-30-28(33-26(23)37(36)25-9-7-8-24(32-25)29(4,5)39)31-21-10-12-22(13-11-21)35-17-15-34(16-18-35)20(2)3/h6-13,19-20,39H,1,14-18H2,2-5H3,(H,30,31,33). The molecule has 0 unspecified atom stereocenters. The minimum atomic E-state index is -1.14. The van der Waals surface area contributed by atoms with Crippen LogP contribution in [0.25, 0.3) is 16.9 Å². The van der Waals surface area contributed by atoms with Crippen LogP contribution in [0.5, 0.6) is 0 Å². The number of benzene rings is 1. The molecule has 0 bridgehead atoms. The van der Waals surface area contributed by atoms with Gasteiger partial charge in [-0.25, -0.2) is 19.3 Å². The number of fused-ring (bicyclic) bond motifs is 1. The lowest BCUT2D eigenvalue weighted by Gasteiger charge is -2.38. The molecule has 0 spiro atoms. The number of pyridine rings is 1. The molecule has 10 heteroatoms. The molecule has 1 aliphatic rings. The summed E-state index contributed by atoms with van der Waals surface area (Å²) in [6.07, 6.45) is 3.18. The second-order valence-electron chi connectivity index (χ2n) is 10.6. The number of nitrogens with one attached hydrogen (secondary N) is 1. The van der Waals surface area contributed by atoms with Crippen LogP contribution in [0.1, 0.15) is 33.4 Å². The zero-order valence-corrected chi connectivity index (χ0v) is 23.0. The number of aliphatic hydroxyl groups is 1. The molecule has 0 atom stereocenters. The second-order valence-corrected chi connectivity index (χ2v) is 10.6. The van der Waals surface area contributed by atoms with Crippen LogP contribution in [0.2, 0.25) is 0 Å². The third-order valence-corrected chi connectivity index (χ3v) is 7.09. The van der Waals surface area contributed by atoms with Crippen LogP contribution in [0.4, 0.5) is 17.3 Å². The largest absolute Gasteiger partial charge is 0.384 e. The van der Waals surface area contributed by atoms with Crippen LogP contribution in [0.15, 0.2) is 66.1 Å². The van der Waals surface area contributed by atoms with E-state index in [1.165, 1.54) is 16.6 Å². The van der Waals surface area contributed by atoms with Gasteiger partial charge in [0.2, 0.25) is 5.95 Å².